The van der Waals surface area contributed by atoms with Gasteiger partial charge in [0.15, 0.2) is 0 Å². The molecule has 1 saturated carbocycles. The van der Waals surface area contributed by atoms with Crippen molar-refractivity contribution in [1.82, 2.24) is 4.90 Å². The largest absolute Gasteiger partial charge is 0.395 e. The van der Waals surface area contributed by atoms with Crippen LogP contribution in [0.25, 0.3) is 0 Å². The lowest BCUT2D eigenvalue weighted by molar-refractivity contribution is -0.0682. The van der Waals surface area contributed by atoms with Crippen molar-refractivity contribution in [2.24, 2.45) is 5.92 Å². The molecule has 3 nitrogen and oxygen atoms in total. The van der Waals surface area contributed by atoms with E-state index in [1.807, 2.05) is 0 Å². The van der Waals surface area contributed by atoms with Crippen molar-refractivity contribution < 1.29 is 10.2 Å². The lowest BCUT2D eigenvalue weighted by atomic mass is 9.78. The van der Waals surface area contributed by atoms with E-state index >= 15 is 0 Å². The van der Waals surface area contributed by atoms with Gasteiger partial charge in [0.2, 0.25) is 0 Å². The average molecular weight is 255 g/mol. The van der Waals surface area contributed by atoms with Gasteiger partial charge in [0.1, 0.15) is 0 Å². The fraction of sp³-hybridized carbons (Fsp3) is 1.00. The Hall–Kier alpha value is -0.120. The zero-order valence-corrected chi connectivity index (χ0v) is 11.9. The van der Waals surface area contributed by atoms with E-state index < -0.39 is 5.60 Å². The minimum atomic E-state index is -0.508. The molecular weight excluding hydrogens is 226 g/mol. The summed E-state index contributed by atoms with van der Waals surface area (Å²) in [5, 5.41) is 20.3. The Labute approximate surface area is 111 Å². The van der Waals surface area contributed by atoms with E-state index in [4.69, 9.17) is 0 Å². The third kappa shape index (κ3) is 3.25. The Kier molecular flexibility index (Phi) is 4.68. The van der Waals surface area contributed by atoms with Gasteiger partial charge in [-0.15, -0.1) is 0 Å². The average Bonchev–Trinajstić information content (AvgIpc) is 2.36. The highest BCUT2D eigenvalue weighted by atomic mass is 16.3. The first kappa shape index (κ1) is 14.3. The number of β-amino-alcohol motifs (C(OH)–C–C–N with tert-alkyl or cyclic N) is 1. The molecule has 2 N–H and O–H groups in total. The summed E-state index contributed by atoms with van der Waals surface area (Å²) in [6.45, 7) is 5.50. The van der Waals surface area contributed by atoms with Crippen molar-refractivity contribution in [3.63, 3.8) is 0 Å². The lowest BCUT2D eigenvalue weighted by Crippen LogP contribution is -2.54. The van der Waals surface area contributed by atoms with Crippen LogP contribution in [0.1, 0.15) is 58.8 Å². The summed E-state index contributed by atoms with van der Waals surface area (Å²) >= 11 is 0. The molecule has 0 aromatic heterocycles. The van der Waals surface area contributed by atoms with Crippen LogP contribution in [-0.2, 0) is 0 Å². The van der Waals surface area contributed by atoms with Crippen LogP contribution in [0.15, 0.2) is 0 Å². The zero-order chi connectivity index (χ0) is 13.2. The Balaban J connectivity index is 1.97. The fourth-order valence-electron chi connectivity index (χ4n) is 3.62. The smallest absolute Gasteiger partial charge is 0.0774 e. The molecule has 0 amide bonds. The van der Waals surface area contributed by atoms with Crippen LogP contribution in [0.3, 0.4) is 0 Å². The van der Waals surface area contributed by atoms with Crippen molar-refractivity contribution in [3.05, 3.63) is 0 Å². The van der Waals surface area contributed by atoms with Crippen molar-refractivity contribution >= 4 is 0 Å². The van der Waals surface area contributed by atoms with Gasteiger partial charge in [-0.05, 0) is 51.4 Å². The molecule has 2 unspecified atom stereocenters. The number of likely N-dealkylation sites (tertiary alicyclic amines) is 1. The Morgan fingerprint density at radius 2 is 1.78 bits per heavy atom. The quantitative estimate of drug-likeness (QED) is 0.812. The monoisotopic (exact) mass is 255 g/mol. The highest BCUT2D eigenvalue weighted by molar-refractivity contribution is 4.92. The molecule has 0 radical (unpaired) electrons. The standard InChI is InChI=1S/C15H29NO2/c1-12-6-8-15(18,9-7-12)11-16-13(2)4-3-5-14(16)10-17/h12-14,17-18H,3-11H2,1-2H3. The van der Waals surface area contributed by atoms with Crippen molar-refractivity contribution in [1.29, 1.82) is 0 Å². The Bertz CT molecular complexity index is 261. The van der Waals surface area contributed by atoms with Gasteiger partial charge >= 0.3 is 0 Å². The van der Waals surface area contributed by atoms with Crippen molar-refractivity contribution in [2.45, 2.75) is 76.5 Å². The van der Waals surface area contributed by atoms with Gasteiger partial charge < -0.3 is 10.2 Å². The predicted molar refractivity (Wildman–Crippen MR) is 73.5 cm³/mol. The van der Waals surface area contributed by atoms with E-state index in [1.165, 1.54) is 12.8 Å². The molecule has 0 aromatic carbocycles. The second-order valence-electron chi connectivity index (χ2n) is 6.70. The van der Waals surface area contributed by atoms with Crippen molar-refractivity contribution in [3.8, 4) is 0 Å². The second-order valence-corrected chi connectivity index (χ2v) is 6.70. The van der Waals surface area contributed by atoms with Crippen LogP contribution in [0, 0.1) is 5.92 Å². The third-order valence-corrected chi connectivity index (χ3v) is 5.09. The summed E-state index contributed by atoms with van der Waals surface area (Å²) in [4.78, 5) is 2.36. The van der Waals surface area contributed by atoms with Crippen LogP contribution in [0.4, 0.5) is 0 Å². The van der Waals surface area contributed by atoms with Crippen molar-refractivity contribution in [2.75, 3.05) is 13.2 Å². The molecule has 0 spiro atoms. The van der Waals surface area contributed by atoms with E-state index in [0.717, 1.165) is 44.6 Å². The maximum atomic E-state index is 10.7. The number of rotatable bonds is 3. The molecule has 1 heterocycles. The highest BCUT2D eigenvalue weighted by Gasteiger charge is 2.37. The number of piperidine rings is 1. The molecule has 106 valence electrons. The Morgan fingerprint density at radius 3 is 2.39 bits per heavy atom. The molecule has 1 aliphatic carbocycles. The highest BCUT2D eigenvalue weighted by Crippen LogP contribution is 2.34. The first-order chi connectivity index (χ1) is 8.54. The molecule has 2 rings (SSSR count). The second kappa shape index (κ2) is 5.89. The molecule has 1 aliphatic heterocycles. The topological polar surface area (TPSA) is 43.7 Å². The molecule has 0 aromatic rings. The van der Waals surface area contributed by atoms with Gasteiger partial charge in [0.05, 0.1) is 12.2 Å². The molecule has 18 heavy (non-hydrogen) atoms. The van der Waals surface area contributed by atoms with Crippen LogP contribution < -0.4 is 0 Å². The molecule has 0 bridgehead atoms. The summed E-state index contributed by atoms with van der Waals surface area (Å²) in [5.74, 6) is 0.762. The van der Waals surface area contributed by atoms with Crippen LogP contribution >= 0.6 is 0 Å². The Morgan fingerprint density at radius 1 is 1.11 bits per heavy atom. The third-order valence-electron chi connectivity index (χ3n) is 5.09. The van der Waals surface area contributed by atoms with Gasteiger partial charge in [-0.25, -0.2) is 0 Å². The van der Waals surface area contributed by atoms with Crippen LogP contribution in [0.5, 0.6) is 0 Å². The van der Waals surface area contributed by atoms with Crippen LogP contribution in [-0.4, -0.2) is 45.9 Å². The van der Waals surface area contributed by atoms with Gasteiger partial charge in [0.25, 0.3) is 0 Å². The SMILES string of the molecule is CC1CCC(O)(CN2C(C)CCCC2CO)CC1. The molecule has 2 fully saturated rings. The maximum Gasteiger partial charge on any atom is 0.0774 e. The normalized spacial score (nSPS) is 43.0. The number of aliphatic hydroxyl groups excluding tert-OH is 1. The van der Waals surface area contributed by atoms with E-state index in [9.17, 15) is 10.2 Å². The number of nitrogens with zero attached hydrogens (tertiary/aromatic N) is 1. The summed E-state index contributed by atoms with van der Waals surface area (Å²) in [7, 11) is 0. The maximum absolute atomic E-state index is 10.7. The molecular formula is C15H29NO2. The fourth-order valence-corrected chi connectivity index (χ4v) is 3.62. The predicted octanol–water partition coefficient (Wildman–Crippen LogP) is 2.16. The minimum absolute atomic E-state index is 0.233. The molecule has 1 saturated heterocycles. The summed E-state index contributed by atoms with van der Waals surface area (Å²) in [5.41, 5.74) is -0.508. The van der Waals surface area contributed by atoms with Gasteiger partial charge in [-0.2, -0.15) is 0 Å². The molecule has 2 aliphatic rings. The number of hydrogen-bond donors (Lipinski definition) is 2. The van der Waals surface area contributed by atoms with E-state index in [1.54, 1.807) is 0 Å². The molecule has 3 heteroatoms. The van der Waals surface area contributed by atoms with E-state index in [0.29, 0.717) is 6.04 Å². The summed E-state index contributed by atoms with van der Waals surface area (Å²) in [6, 6.07) is 0.761. The first-order valence-electron chi connectivity index (χ1n) is 7.63. The van der Waals surface area contributed by atoms with E-state index in [2.05, 4.69) is 18.7 Å². The molecule has 2 atom stereocenters. The minimum Gasteiger partial charge on any atom is -0.395 e. The van der Waals surface area contributed by atoms with Gasteiger partial charge in [0, 0.05) is 18.6 Å². The van der Waals surface area contributed by atoms with E-state index in [-0.39, 0.29) is 12.6 Å². The van der Waals surface area contributed by atoms with Gasteiger partial charge in [-0.3, -0.25) is 4.90 Å². The lowest BCUT2D eigenvalue weighted by Gasteiger charge is -2.46. The van der Waals surface area contributed by atoms with Crippen LogP contribution in [0.2, 0.25) is 0 Å². The zero-order valence-electron chi connectivity index (χ0n) is 11.9. The van der Waals surface area contributed by atoms with Gasteiger partial charge in [-0.1, -0.05) is 13.3 Å². The number of aliphatic hydroxyl groups is 2. The summed E-state index contributed by atoms with van der Waals surface area (Å²) < 4.78 is 0. The number of hydrogen-bond acceptors (Lipinski definition) is 3. The summed E-state index contributed by atoms with van der Waals surface area (Å²) in [6.07, 6.45) is 7.62. The first-order valence-corrected chi connectivity index (χ1v) is 7.63.